The van der Waals surface area contributed by atoms with Crippen LogP contribution in [0.15, 0.2) is 16.6 Å². The lowest BCUT2D eigenvalue weighted by atomic mass is 10.2. The maximum Gasteiger partial charge on any atom is 0.161 e. The molecule has 17 heavy (non-hydrogen) atoms. The third kappa shape index (κ3) is 2.72. The molecule has 0 spiro atoms. The number of halogens is 1. The molecule has 2 unspecified atom stereocenters. The van der Waals surface area contributed by atoms with E-state index in [1.165, 1.54) is 5.56 Å². The zero-order chi connectivity index (χ0) is 12.4. The van der Waals surface area contributed by atoms with E-state index in [1.54, 1.807) is 14.2 Å². The maximum atomic E-state index is 5.34. The van der Waals surface area contributed by atoms with Crippen molar-refractivity contribution < 1.29 is 9.47 Å². The Hall–Kier alpha value is -0.390. The minimum Gasteiger partial charge on any atom is -0.493 e. The minimum absolute atomic E-state index is 0.319. The van der Waals surface area contributed by atoms with Crippen molar-refractivity contribution in [3.8, 4) is 11.5 Å². The van der Waals surface area contributed by atoms with Crippen LogP contribution in [0.4, 0.5) is 0 Å². The van der Waals surface area contributed by atoms with Gasteiger partial charge >= 0.3 is 0 Å². The van der Waals surface area contributed by atoms with Crippen molar-refractivity contribution in [2.75, 3.05) is 20.0 Å². The second-order valence-electron chi connectivity index (χ2n) is 4.01. The van der Waals surface area contributed by atoms with Crippen LogP contribution in [0.5, 0.6) is 11.5 Å². The molecule has 3 nitrogen and oxygen atoms in total. The van der Waals surface area contributed by atoms with Gasteiger partial charge in [0.15, 0.2) is 11.5 Å². The smallest absolute Gasteiger partial charge is 0.161 e. The van der Waals surface area contributed by atoms with Crippen LogP contribution < -0.4 is 14.8 Å². The molecule has 5 heteroatoms. The van der Waals surface area contributed by atoms with Gasteiger partial charge in [-0.2, -0.15) is 0 Å². The van der Waals surface area contributed by atoms with Crippen LogP contribution in [0.1, 0.15) is 17.9 Å². The van der Waals surface area contributed by atoms with Gasteiger partial charge in [-0.3, -0.25) is 5.32 Å². The average Bonchev–Trinajstić information content (AvgIpc) is 2.75. The van der Waals surface area contributed by atoms with Gasteiger partial charge in [0.05, 0.1) is 19.6 Å². The Morgan fingerprint density at radius 2 is 1.94 bits per heavy atom. The minimum atomic E-state index is 0.319. The number of hydrogen-bond acceptors (Lipinski definition) is 4. The van der Waals surface area contributed by atoms with E-state index in [0.717, 1.165) is 21.7 Å². The Morgan fingerprint density at radius 3 is 2.47 bits per heavy atom. The van der Waals surface area contributed by atoms with Crippen molar-refractivity contribution in [3.63, 3.8) is 0 Å². The van der Waals surface area contributed by atoms with Crippen molar-refractivity contribution in [1.29, 1.82) is 0 Å². The first-order chi connectivity index (χ1) is 8.15. The van der Waals surface area contributed by atoms with Crippen LogP contribution in [0.25, 0.3) is 0 Å². The lowest BCUT2D eigenvalue weighted by Gasteiger charge is -2.16. The summed E-state index contributed by atoms with van der Waals surface area (Å²) in [7, 11) is 3.31. The quantitative estimate of drug-likeness (QED) is 0.927. The van der Waals surface area contributed by atoms with Gasteiger partial charge in [0.1, 0.15) is 0 Å². The summed E-state index contributed by atoms with van der Waals surface area (Å²) in [5.74, 6) is 2.65. The molecule has 1 aromatic rings. The molecule has 2 atom stereocenters. The SMILES string of the molecule is COc1cc(Br)c(C2NC(C)CS2)cc1OC. The van der Waals surface area contributed by atoms with Crippen LogP contribution in [-0.2, 0) is 0 Å². The zero-order valence-corrected chi connectivity index (χ0v) is 12.5. The number of nitrogens with one attached hydrogen (secondary N) is 1. The van der Waals surface area contributed by atoms with E-state index in [9.17, 15) is 0 Å². The third-order valence-corrected chi connectivity index (χ3v) is 4.84. The monoisotopic (exact) mass is 317 g/mol. The molecular formula is C12H16BrNO2S. The maximum absolute atomic E-state index is 5.34. The van der Waals surface area contributed by atoms with E-state index < -0.39 is 0 Å². The summed E-state index contributed by atoms with van der Waals surface area (Å²) in [6.45, 7) is 2.20. The van der Waals surface area contributed by atoms with Gasteiger partial charge in [0, 0.05) is 16.3 Å². The van der Waals surface area contributed by atoms with Crippen molar-refractivity contribution in [2.24, 2.45) is 0 Å². The van der Waals surface area contributed by atoms with Gasteiger partial charge in [0.2, 0.25) is 0 Å². The molecule has 0 saturated carbocycles. The Morgan fingerprint density at radius 1 is 1.29 bits per heavy atom. The molecule has 0 aromatic heterocycles. The standard InChI is InChI=1S/C12H16BrNO2S/c1-7-6-17-12(14-7)8-4-10(15-2)11(16-3)5-9(8)13/h4-5,7,12,14H,6H2,1-3H3. The molecule has 1 aliphatic heterocycles. The highest BCUT2D eigenvalue weighted by Gasteiger charge is 2.25. The number of hydrogen-bond donors (Lipinski definition) is 1. The average molecular weight is 318 g/mol. The largest absolute Gasteiger partial charge is 0.493 e. The molecule has 0 amide bonds. The predicted molar refractivity (Wildman–Crippen MR) is 75.0 cm³/mol. The lowest BCUT2D eigenvalue weighted by Crippen LogP contribution is -2.22. The molecule has 1 fully saturated rings. The normalized spacial score (nSPS) is 23.8. The van der Waals surface area contributed by atoms with Gasteiger partial charge in [-0.25, -0.2) is 0 Å². The van der Waals surface area contributed by atoms with Crippen LogP contribution in [-0.4, -0.2) is 26.0 Å². The topological polar surface area (TPSA) is 30.5 Å². The first kappa shape index (κ1) is 13.1. The fraction of sp³-hybridized carbons (Fsp3) is 0.500. The zero-order valence-electron chi connectivity index (χ0n) is 10.1. The summed E-state index contributed by atoms with van der Waals surface area (Å²) in [6, 6.07) is 4.54. The van der Waals surface area contributed by atoms with Crippen molar-refractivity contribution in [1.82, 2.24) is 5.32 Å². The summed E-state index contributed by atoms with van der Waals surface area (Å²) < 4.78 is 11.7. The first-order valence-electron chi connectivity index (χ1n) is 5.44. The summed E-state index contributed by atoms with van der Waals surface area (Å²) in [5.41, 5.74) is 1.21. The molecular weight excluding hydrogens is 302 g/mol. The predicted octanol–water partition coefficient (Wildman–Crippen LogP) is 3.19. The molecule has 1 aliphatic rings. The fourth-order valence-electron chi connectivity index (χ4n) is 1.85. The lowest BCUT2D eigenvalue weighted by molar-refractivity contribution is 0.354. The van der Waals surface area contributed by atoms with E-state index in [4.69, 9.17) is 9.47 Å². The Labute approximate surface area is 114 Å². The van der Waals surface area contributed by atoms with Crippen molar-refractivity contribution in [2.45, 2.75) is 18.3 Å². The van der Waals surface area contributed by atoms with Crippen LogP contribution >= 0.6 is 27.7 Å². The molecule has 0 bridgehead atoms. The van der Waals surface area contributed by atoms with Gasteiger partial charge < -0.3 is 9.47 Å². The number of ether oxygens (including phenoxy) is 2. The summed E-state index contributed by atoms with van der Waals surface area (Å²) in [6.07, 6.45) is 0. The molecule has 94 valence electrons. The number of rotatable bonds is 3. The number of thioether (sulfide) groups is 1. The van der Waals surface area contributed by atoms with E-state index >= 15 is 0 Å². The van der Waals surface area contributed by atoms with E-state index in [-0.39, 0.29) is 0 Å². The van der Waals surface area contributed by atoms with Crippen LogP contribution in [0, 0.1) is 0 Å². The molecule has 0 radical (unpaired) electrons. The molecule has 2 rings (SSSR count). The molecule has 1 N–H and O–H groups in total. The highest BCUT2D eigenvalue weighted by atomic mass is 79.9. The van der Waals surface area contributed by atoms with E-state index in [2.05, 4.69) is 28.2 Å². The van der Waals surface area contributed by atoms with Gasteiger partial charge in [0.25, 0.3) is 0 Å². The third-order valence-electron chi connectivity index (χ3n) is 2.73. The van der Waals surface area contributed by atoms with Crippen LogP contribution in [0.2, 0.25) is 0 Å². The van der Waals surface area contributed by atoms with Crippen molar-refractivity contribution >= 4 is 27.7 Å². The van der Waals surface area contributed by atoms with Crippen molar-refractivity contribution in [3.05, 3.63) is 22.2 Å². The number of methoxy groups -OCH3 is 2. The van der Waals surface area contributed by atoms with Crippen LogP contribution in [0.3, 0.4) is 0 Å². The second-order valence-corrected chi connectivity index (χ2v) is 6.00. The molecule has 1 aromatic carbocycles. The number of benzene rings is 1. The molecule has 0 aliphatic carbocycles. The molecule has 1 saturated heterocycles. The van der Waals surface area contributed by atoms with Gasteiger partial charge in [-0.15, -0.1) is 11.8 Å². The van der Waals surface area contributed by atoms with Gasteiger partial charge in [-0.1, -0.05) is 15.9 Å². The summed E-state index contributed by atoms with van der Waals surface area (Å²) >= 11 is 5.51. The van der Waals surface area contributed by atoms with Gasteiger partial charge in [-0.05, 0) is 24.6 Å². The first-order valence-corrected chi connectivity index (χ1v) is 7.29. The summed E-state index contributed by atoms with van der Waals surface area (Å²) in [4.78, 5) is 0. The fourth-order valence-corrected chi connectivity index (χ4v) is 3.83. The Bertz CT molecular complexity index is 414. The Kier molecular flexibility index (Phi) is 4.22. The van der Waals surface area contributed by atoms with E-state index in [0.29, 0.717) is 11.4 Å². The molecule has 1 heterocycles. The van der Waals surface area contributed by atoms with E-state index in [1.807, 2.05) is 23.9 Å². The highest BCUT2D eigenvalue weighted by Crippen LogP contribution is 2.41. The summed E-state index contributed by atoms with van der Waals surface area (Å²) in [5, 5.41) is 3.85. The highest BCUT2D eigenvalue weighted by molar-refractivity contribution is 9.10. The Balaban J connectivity index is 2.34. The second kappa shape index (κ2) is 5.50.